The van der Waals surface area contributed by atoms with Gasteiger partial charge in [0, 0.05) is 37.0 Å². The first kappa shape index (κ1) is 16.6. The van der Waals surface area contributed by atoms with Crippen LogP contribution in [0.1, 0.15) is 40.9 Å². The molecule has 1 fully saturated rings. The number of amides is 1. The van der Waals surface area contributed by atoms with Gasteiger partial charge in [-0.25, -0.2) is 4.39 Å². The van der Waals surface area contributed by atoms with Crippen molar-refractivity contribution < 1.29 is 14.3 Å². The van der Waals surface area contributed by atoms with Gasteiger partial charge in [0.2, 0.25) is 0 Å². The summed E-state index contributed by atoms with van der Waals surface area (Å²) >= 11 is 0. The van der Waals surface area contributed by atoms with Crippen LogP contribution >= 0.6 is 0 Å². The van der Waals surface area contributed by atoms with Crippen LogP contribution in [0.15, 0.2) is 42.6 Å². The molecule has 0 spiro atoms. The van der Waals surface area contributed by atoms with Gasteiger partial charge in [0.25, 0.3) is 5.91 Å². The maximum absolute atomic E-state index is 13.0. The number of halogens is 1. The van der Waals surface area contributed by atoms with Gasteiger partial charge in [0.05, 0.1) is 6.10 Å². The third kappa shape index (κ3) is 4.17. The molecule has 1 saturated heterocycles. The Kier molecular flexibility index (Phi) is 5.20. The summed E-state index contributed by atoms with van der Waals surface area (Å²) in [5.74, 6) is -0.286. The third-order valence-electron chi connectivity index (χ3n) is 4.35. The highest BCUT2D eigenvalue weighted by Gasteiger charge is 2.20. The minimum absolute atomic E-state index is 0.0214. The molecule has 126 valence electrons. The molecular weight excluding hydrogens is 307 g/mol. The zero-order valence-corrected chi connectivity index (χ0v) is 13.5. The van der Waals surface area contributed by atoms with Crippen molar-refractivity contribution in [1.29, 1.82) is 0 Å². The van der Waals surface area contributed by atoms with Crippen molar-refractivity contribution in [3.8, 4) is 0 Å². The van der Waals surface area contributed by atoms with Crippen LogP contribution in [0.2, 0.25) is 0 Å². The number of aromatic nitrogens is 1. The fourth-order valence-electron chi connectivity index (χ4n) is 2.98. The van der Waals surface area contributed by atoms with E-state index in [2.05, 4.69) is 4.98 Å². The number of carbonyl (C=O) groups excluding carboxylic acids is 1. The molecule has 1 N–H and O–H groups in total. The Hall–Kier alpha value is -2.27. The summed E-state index contributed by atoms with van der Waals surface area (Å²) in [6.45, 7) is 1.25. The maximum atomic E-state index is 13.0. The van der Waals surface area contributed by atoms with Gasteiger partial charge in [-0.1, -0.05) is 12.1 Å². The molecule has 5 heteroatoms. The van der Waals surface area contributed by atoms with Gasteiger partial charge in [-0.3, -0.25) is 9.78 Å². The molecular formula is C19H21FN2O2. The van der Waals surface area contributed by atoms with Crippen molar-refractivity contribution in [2.75, 3.05) is 13.1 Å². The topological polar surface area (TPSA) is 53.4 Å². The van der Waals surface area contributed by atoms with Crippen molar-refractivity contribution in [2.24, 2.45) is 0 Å². The molecule has 0 radical (unpaired) electrons. The van der Waals surface area contributed by atoms with E-state index in [9.17, 15) is 14.3 Å². The van der Waals surface area contributed by atoms with E-state index in [1.54, 1.807) is 35.4 Å². The van der Waals surface area contributed by atoms with E-state index in [-0.39, 0.29) is 17.8 Å². The number of pyridine rings is 1. The Labute approximate surface area is 141 Å². The SMILES string of the molecule is O=C(c1ccnc(Cc2ccc(F)cc2)c1)N1CCC[C@@H](O)CC1. The minimum atomic E-state index is -0.311. The van der Waals surface area contributed by atoms with E-state index in [0.717, 1.165) is 24.1 Å². The second-order valence-corrected chi connectivity index (χ2v) is 6.22. The Balaban J connectivity index is 1.72. The molecule has 2 heterocycles. The molecule has 1 aliphatic rings. The summed E-state index contributed by atoms with van der Waals surface area (Å²) < 4.78 is 13.0. The zero-order chi connectivity index (χ0) is 16.9. The van der Waals surface area contributed by atoms with Gasteiger partial charge in [-0.2, -0.15) is 0 Å². The second-order valence-electron chi connectivity index (χ2n) is 6.22. The van der Waals surface area contributed by atoms with E-state index < -0.39 is 0 Å². The molecule has 0 bridgehead atoms. The molecule has 0 unspecified atom stereocenters. The van der Waals surface area contributed by atoms with Gasteiger partial charge >= 0.3 is 0 Å². The molecule has 24 heavy (non-hydrogen) atoms. The number of hydrogen-bond acceptors (Lipinski definition) is 3. The highest BCUT2D eigenvalue weighted by Crippen LogP contribution is 2.15. The zero-order valence-electron chi connectivity index (χ0n) is 13.5. The van der Waals surface area contributed by atoms with Crippen molar-refractivity contribution in [3.05, 3.63) is 65.2 Å². The Morgan fingerprint density at radius 3 is 2.79 bits per heavy atom. The lowest BCUT2D eigenvalue weighted by molar-refractivity contribution is 0.0753. The van der Waals surface area contributed by atoms with Gasteiger partial charge in [0.15, 0.2) is 0 Å². The summed E-state index contributed by atoms with van der Waals surface area (Å²) in [7, 11) is 0. The van der Waals surface area contributed by atoms with E-state index in [1.165, 1.54) is 12.1 Å². The van der Waals surface area contributed by atoms with Gasteiger partial charge < -0.3 is 10.0 Å². The van der Waals surface area contributed by atoms with Crippen LogP contribution in [0.5, 0.6) is 0 Å². The Bertz CT molecular complexity index is 703. The van der Waals surface area contributed by atoms with Crippen LogP contribution in [0.25, 0.3) is 0 Å². The van der Waals surface area contributed by atoms with Crippen LogP contribution in [-0.2, 0) is 6.42 Å². The Morgan fingerprint density at radius 2 is 2.00 bits per heavy atom. The molecule has 1 amide bonds. The maximum Gasteiger partial charge on any atom is 0.253 e. The predicted octanol–water partition coefficient (Wildman–Crippen LogP) is 2.80. The first-order valence-electron chi connectivity index (χ1n) is 8.28. The molecule has 1 aliphatic heterocycles. The van der Waals surface area contributed by atoms with Gasteiger partial charge in [0.1, 0.15) is 5.82 Å². The number of hydrogen-bond donors (Lipinski definition) is 1. The predicted molar refractivity (Wildman–Crippen MR) is 89.2 cm³/mol. The molecule has 1 aromatic carbocycles. The second kappa shape index (κ2) is 7.53. The number of aliphatic hydroxyl groups is 1. The quantitative estimate of drug-likeness (QED) is 0.943. The summed E-state index contributed by atoms with van der Waals surface area (Å²) in [6.07, 6.45) is 4.07. The van der Waals surface area contributed by atoms with E-state index >= 15 is 0 Å². The lowest BCUT2D eigenvalue weighted by Gasteiger charge is -2.20. The summed E-state index contributed by atoms with van der Waals surface area (Å²) in [4.78, 5) is 18.8. The normalized spacial score (nSPS) is 18.2. The fourth-order valence-corrected chi connectivity index (χ4v) is 2.98. The van der Waals surface area contributed by atoms with Crippen molar-refractivity contribution >= 4 is 5.91 Å². The van der Waals surface area contributed by atoms with Crippen LogP contribution in [0.3, 0.4) is 0 Å². The van der Waals surface area contributed by atoms with E-state index in [1.807, 2.05) is 0 Å². The number of nitrogens with zero attached hydrogens (tertiary/aromatic N) is 2. The van der Waals surface area contributed by atoms with Crippen molar-refractivity contribution in [3.63, 3.8) is 0 Å². The standard InChI is InChI=1S/C19H21FN2O2/c20-16-5-3-14(4-6-16)12-17-13-15(7-9-21-17)19(24)22-10-1-2-18(23)8-11-22/h3-7,9,13,18,23H,1-2,8,10-12H2/t18-/m1/s1. The molecule has 0 aliphatic carbocycles. The van der Waals surface area contributed by atoms with Gasteiger partial charge in [-0.05, 0) is 49.1 Å². The number of carbonyl (C=O) groups is 1. The molecule has 1 aromatic heterocycles. The molecule has 0 saturated carbocycles. The van der Waals surface area contributed by atoms with Crippen molar-refractivity contribution in [1.82, 2.24) is 9.88 Å². The highest BCUT2D eigenvalue weighted by molar-refractivity contribution is 5.94. The lowest BCUT2D eigenvalue weighted by Crippen LogP contribution is -2.32. The van der Waals surface area contributed by atoms with Crippen molar-refractivity contribution in [2.45, 2.75) is 31.8 Å². The van der Waals surface area contributed by atoms with E-state index in [4.69, 9.17) is 0 Å². The largest absolute Gasteiger partial charge is 0.393 e. The number of aliphatic hydroxyl groups excluding tert-OH is 1. The first-order valence-corrected chi connectivity index (χ1v) is 8.28. The average Bonchev–Trinajstić information content (AvgIpc) is 2.81. The van der Waals surface area contributed by atoms with Crippen LogP contribution < -0.4 is 0 Å². The third-order valence-corrected chi connectivity index (χ3v) is 4.35. The molecule has 3 rings (SSSR count). The number of rotatable bonds is 3. The van der Waals surface area contributed by atoms with Gasteiger partial charge in [-0.15, -0.1) is 0 Å². The van der Waals surface area contributed by atoms with Crippen LogP contribution in [-0.4, -0.2) is 40.1 Å². The molecule has 4 nitrogen and oxygen atoms in total. The number of benzene rings is 1. The van der Waals surface area contributed by atoms with Crippen LogP contribution in [0, 0.1) is 5.82 Å². The Morgan fingerprint density at radius 1 is 1.21 bits per heavy atom. The average molecular weight is 328 g/mol. The van der Waals surface area contributed by atoms with E-state index in [0.29, 0.717) is 31.5 Å². The molecule has 2 aromatic rings. The smallest absolute Gasteiger partial charge is 0.253 e. The highest BCUT2D eigenvalue weighted by atomic mass is 19.1. The first-order chi connectivity index (χ1) is 11.6. The molecule has 1 atom stereocenters. The fraction of sp³-hybridized carbons (Fsp3) is 0.368. The minimum Gasteiger partial charge on any atom is -0.393 e. The number of likely N-dealkylation sites (tertiary alicyclic amines) is 1. The summed E-state index contributed by atoms with van der Waals surface area (Å²) in [6, 6.07) is 9.81. The monoisotopic (exact) mass is 328 g/mol. The summed E-state index contributed by atoms with van der Waals surface area (Å²) in [5, 5.41) is 9.71. The lowest BCUT2D eigenvalue weighted by atomic mass is 10.1. The van der Waals surface area contributed by atoms with Crippen LogP contribution in [0.4, 0.5) is 4.39 Å². The summed E-state index contributed by atoms with van der Waals surface area (Å²) in [5.41, 5.74) is 2.34.